The van der Waals surface area contributed by atoms with E-state index >= 15 is 0 Å². The molecule has 1 aromatic heterocycles. The van der Waals surface area contributed by atoms with Gasteiger partial charge in [-0.3, -0.25) is 0 Å². The lowest BCUT2D eigenvalue weighted by Crippen LogP contribution is -2.34. The molecule has 1 aliphatic heterocycles. The van der Waals surface area contributed by atoms with Gasteiger partial charge in [0, 0.05) is 25.2 Å². The van der Waals surface area contributed by atoms with Crippen molar-refractivity contribution < 1.29 is 0 Å². The standard InChI is InChI=1S/C15H22N4/c1-11-3-2-8-19(10-11)12-4-5-13-14(9-12)18-15(17-13)6-7-16/h4-5,9,11H,2-3,6-8,10,16H2,1H3,(H,17,18). The van der Waals surface area contributed by atoms with Crippen molar-refractivity contribution in [3.63, 3.8) is 0 Å². The molecule has 0 amide bonds. The van der Waals surface area contributed by atoms with Gasteiger partial charge < -0.3 is 15.6 Å². The van der Waals surface area contributed by atoms with Crippen LogP contribution in [0.4, 0.5) is 5.69 Å². The van der Waals surface area contributed by atoms with Crippen molar-refractivity contribution in [3.8, 4) is 0 Å². The van der Waals surface area contributed by atoms with Gasteiger partial charge in [-0.2, -0.15) is 0 Å². The molecule has 19 heavy (non-hydrogen) atoms. The SMILES string of the molecule is CC1CCCN(c2ccc3nc(CCN)[nH]c3c2)C1. The summed E-state index contributed by atoms with van der Waals surface area (Å²) in [5.74, 6) is 1.78. The van der Waals surface area contributed by atoms with Crippen LogP contribution in [-0.4, -0.2) is 29.6 Å². The number of aromatic nitrogens is 2. The number of nitrogens with zero attached hydrogens (tertiary/aromatic N) is 2. The smallest absolute Gasteiger partial charge is 0.108 e. The third kappa shape index (κ3) is 2.59. The van der Waals surface area contributed by atoms with Crippen LogP contribution >= 0.6 is 0 Å². The highest BCUT2D eigenvalue weighted by Crippen LogP contribution is 2.25. The number of nitrogens with one attached hydrogen (secondary N) is 1. The molecule has 4 heteroatoms. The molecule has 1 aliphatic rings. The van der Waals surface area contributed by atoms with Crippen molar-refractivity contribution in [2.75, 3.05) is 24.5 Å². The summed E-state index contributed by atoms with van der Waals surface area (Å²) in [6.07, 6.45) is 3.45. The summed E-state index contributed by atoms with van der Waals surface area (Å²) in [6.45, 7) is 5.30. The zero-order valence-corrected chi connectivity index (χ0v) is 11.5. The number of aromatic amines is 1. The highest BCUT2D eigenvalue weighted by molar-refractivity contribution is 5.79. The van der Waals surface area contributed by atoms with Crippen molar-refractivity contribution in [2.24, 2.45) is 11.7 Å². The van der Waals surface area contributed by atoms with Crippen LogP contribution in [0.5, 0.6) is 0 Å². The second-order valence-corrected chi connectivity index (χ2v) is 5.62. The quantitative estimate of drug-likeness (QED) is 0.888. The first-order chi connectivity index (χ1) is 9.26. The maximum absolute atomic E-state index is 5.58. The monoisotopic (exact) mass is 258 g/mol. The Bertz CT molecular complexity index is 560. The predicted molar refractivity (Wildman–Crippen MR) is 79.5 cm³/mol. The molecule has 2 aromatic rings. The van der Waals surface area contributed by atoms with Gasteiger partial charge in [-0.1, -0.05) is 6.92 Å². The van der Waals surface area contributed by atoms with Gasteiger partial charge in [-0.25, -0.2) is 4.98 Å². The molecule has 1 unspecified atom stereocenters. The number of imidazole rings is 1. The second-order valence-electron chi connectivity index (χ2n) is 5.62. The average Bonchev–Trinajstić information content (AvgIpc) is 2.80. The van der Waals surface area contributed by atoms with Gasteiger partial charge >= 0.3 is 0 Å². The number of hydrogen-bond donors (Lipinski definition) is 2. The van der Waals surface area contributed by atoms with Crippen LogP contribution in [0.1, 0.15) is 25.6 Å². The van der Waals surface area contributed by atoms with Crippen LogP contribution in [0.2, 0.25) is 0 Å². The highest BCUT2D eigenvalue weighted by Gasteiger charge is 2.17. The molecule has 0 radical (unpaired) electrons. The Labute approximate surface area is 114 Å². The minimum absolute atomic E-state index is 0.635. The number of fused-ring (bicyclic) bond motifs is 1. The van der Waals surface area contributed by atoms with E-state index in [1.807, 2.05) is 0 Å². The number of nitrogens with two attached hydrogens (primary N) is 1. The van der Waals surface area contributed by atoms with Crippen LogP contribution < -0.4 is 10.6 Å². The molecule has 2 heterocycles. The number of piperidine rings is 1. The fraction of sp³-hybridized carbons (Fsp3) is 0.533. The second kappa shape index (κ2) is 5.21. The summed E-state index contributed by atoms with van der Waals surface area (Å²) in [7, 11) is 0. The van der Waals surface area contributed by atoms with E-state index in [4.69, 9.17) is 5.73 Å². The van der Waals surface area contributed by atoms with E-state index in [0.29, 0.717) is 6.54 Å². The number of benzene rings is 1. The third-order valence-electron chi connectivity index (χ3n) is 3.92. The minimum atomic E-state index is 0.635. The topological polar surface area (TPSA) is 57.9 Å². The summed E-state index contributed by atoms with van der Waals surface area (Å²) < 4.78 is 0. The summed E-state index contributed by atoms with van der Waals surface area (Å²) in [5, 5.41) is 0. The van der Waals surface area contributed by atoms with Crippen LogP contribution in [0.25, 0.3) is 11.0 Å². The Balaban J connectivity index is 1.87. The van der Waals surface area contributed by atoms with Gasteiger partial charge in [-0.15, -0.1) is 0 Å². The molecule has 1 aromatic carbocycles. The van der Waals surface area contributed by atoms with Crippen molar-refractivity contribution in [1.82, 2.24) is 9.97 Å². The molecule has 3 N–H and O–H groups in total. The van der Waals surface area contributed by atoms with Crippen molar-refractivity contribution in [2.45, 2.75) is 26.2 Å². The number of hydrogen-bond acceptors (Lipinski definition) is 3. The molecule has 0 spiro atoms. The molecule has 3 rings (SSSR count). The van der Waals surface area contributed by atoms with Crippen LogP contribution in [0, 0.1) is 5.92 Å². The van der Waals surface area contributed by atoms with Crippen molar-refractivity contribution >= 4 is 16.7 Å². The first kappa shape index (κ1) is 12.5. The summed E-state index contributed by atoms with van der Waals surface area (Å²) in [6, 6.07) is 6.52. The maximum atomic E-state index is 5.58. The lowest BCUT2D eigenvalue weighted by atomic mass is 10.00. The Hall–Kier alpha value is -1.55. The molecule has 1 fully saturated rings. The molecule has 102 valence electrons. The fourth-order valence-corrected chi connectivity index (χ4v) is 2.93. The highest BCUT2D eigenvalue weighted by atomic mass is 15.1. The third-order valence-corrected chi connectivity index (χ3v) is 3.92. The summed E-state index contributed by atoms with van der Waals surface area (Å²) in [4.78, 5) is 10.4. The van der Waals surface area contributed by atoms with Gasteiger partial charge in [0.05, 0.1) is 11.0 Å². The predicted octanol–water partition coefficient (Wildman–Crippen LogP) is 2.30. The lowest BCUT2D eigenvalue weighted by Gasteiger charge is -2.32. The largest absolute Gasteiger partial charge is 0.371 e. The molecule has 0 bridgehead atoms. The first-order valence-electron chi connectivity index (χ1n) is 7.20. The molecule has 1 saturated heterocycles. The van der Waals surface area contributed by atoms with Gasteiger partial charge in [0.15, 0.2) is 0 Å². The minimum Gasteiger partial charge on any atom is -0.371 e. The molecule has 1 atom stereocenters. The van der Waals surface area contributed by atoms with Crippen LogP contribution in [0.15, 0.2) is 18.2 Å². The van der Waals surface area contributed by atoms with E-state index in [1.54, 1.807) is 0 Å². The van der Waals surface area contributed by atoms with Crippen LogP contribution in [0.3, 0.4) is 0 Å². The van der Waals surface area contributed by atoms with E-state index in [1.165, 1.54) is 25.1 Å². The van der Waals surface area contributed by atoms with Gasteiger partial charge in [0.1, 0.15) is 5.82 Å². The Morgan fingerprint density at radius 3 is 3.16 bits per heavy atom. The average molecular weight is 258 g/mol. The zero-order valence-electron chi connectivity index (χ0n) is 11.5. The maximum Gasteiger partial charge on any atom is 0.108 e. The van der Waals surface area contributed by atoms with Crippen LogP contribution in [-0.2, 0) is 6.42 Å². The molecular formula is C15H22N4. The molecule has 0 aliphatic carbocycles. The Kier molecular flexibility index (Phi) is 3.42. The fourth-order valence-electron chi connectivity index (χ4n) is 2.93. The Morgan fingerprint density at radius 1 is 1.47 bits per heavy atom. The van der Waals surface area contributed by atoms with E-state index in [-0.39, 0.29) is 0 Å². The summed E-state index contributed by atoms with van der Waals surface area (Å²) in [5.41, 5.74) is 9.05. The van der Waals surface area contributed by atoms with E-state index < -0.39 is 0 Å². The van der Waals surface area contributed by atoms with E-state index in [0.717, 1.165) is 35.7 Å². The number of rotatable bonds is 3. The molecular weight excluding hydrogens is 236 g/mol. The van der Waals surface area contributed by atoms with Crippen molar-refractivity contribution in [1.29, 1.82) is 0 Å². The Morgan fingerprint density at radius 2 is 2.37 bits per heavy atom. The first-order valence-corrected chi connectivity index (χ1v) is 7.20. The van der Waals surface area contributed by atoms with E-state index in [9.17, 15) is 0 Å². The van der Waals surface area contributed by atoms with E-state index in [2.05, 4.69) is 40.0 Å². The van der Waals surface area contributed by atoms with Gasteiger partial charge in [0.2, 0.25) is 0 Å². The summed E-state index contributed by atoms with van der Waals surface area (Å²) >= 11 is 0. The zero-order chi connectivity index (χ0) is 13.2. The van der Waals surface area contributed by atoms with Gasteiger partial charge in [-0.05, 0) is 43.5 Å². The number of H-pyrrole nitrogens is 1. The molecule has 4 nitrogen and oxygen atoms in total. The molecule has 0 saturated carbocycles. The van der Waals surface area contributed by atoms with Gasteiger partial charge in [0.25, 0.3) is 0 Å². The number of anilines is 1. The van der Waals surface area contributed by atoms with Crippen molar-refractivity contribution in [3.05, 3.63) is 24.0 Å². The lowest BCUT2D eigenvalue weighted by molar-refractivity contribution is 0.447. The normalized spacial score (nSPS) is 20.1.